The molecule has 1 N–H and O–H groups in total. The summed E-state index contributed by atoms with van der Waals surface area (Å²) in [6.45, 7) is 3.23. The maximum absolute atomic E-state index is 13.4. The van der Waals surface area contributed by atoms with E-state index in [0.717, 1.165) is 19.9 Å². The number of amides is 1. The lowest BCUT2D eigenvalue weighted by Gasteiger charge is -2.25. The van der Waals surface area contributed by atoms with Crippen LogP contribution < -0.4 is 14.5 Å². The van der Waals surface area contributed by atoms with Crippen molar-refractivity contribution in [1.29, 1.82) is 0 Å². The number of ether oxygens (including phenoxy) is 1. The van der Waals surface area contributed by atoms with E-state index in [9.17, 15) is 13.2 Å². The van der Waals surface area contributed by atoms with Crippen molar-refractivity contribution in [3.05, 3.63) is 87.9 Å². The van der Waals surface area contributed by atoms with Gasteiger partial charge in [0, 0.05) is 10.0 Å². The molecule has 3 aromatic carbocycles. The van der Waals surface area contributed by atoms with E-state index in [-0.39, 0.29) is 4.90 Å². The van der Waals surface area contributed by atoms with Gasteiger partial charge in [0.1, 0.15) is 12.3 Å². The minimum atomic E-state index is -3.99. The van der Waals surface area contributed by atoms with Gasteiger partial charge in [0.2, 0.25) is 0 Å². The van der Waals surface area contributed by atoms with Gasteiger partial charge >= 0.3 is 0 Å². The zero-order valence-electron chi connectivity index (χ0n) is 18.4. The van der Waals surface area contributed by atoms with E-state index >= 15 is 0 Å². The Balaban J connectivity index is 1.86. The summed E-state index contributed by atoms with van der Waals surface area (Å²) in [6.07, 6.45) is 1.44. The summed E-state index contributed by atoms with van der Waals surface area (Å²) in [5, 5.41) is 3.98. The van der Waals surface area contributed by atoms with Gasteiger partial charge in [0.25, 0.3) is 15.9 Å². The molecule has 0 spiro atoms. The molecule has 0 unspecified atom stereocenters. The van der Waals surface area contributed by atoms with Gasteiger partial charge in [-0.3, -0.25) is 9.10 Å². The lowest BCUT2D eigenvalue weighted by atomic mass is 10.2. The molecule has 0 saturated carbocycles. The first-order valence-electron chi connectivity index (χ1n) is 10.0. The molecule has 0 heterocycles. The first kappa shape index (κ1) is 24.5. The minimum Gasteiger partial charge on any atom is -0.496 e. The fraction of sp³-hybridized carbons (Fsp3) is 0.167. The Hall–Kier alpha value is -3.17. The summed E-state index contributed by atoms with van der Waals surface area (Å²) < 4.78 is 34.1. The average Bonchev–Trinajstić information content (AvgIpc) is 2.78. The summed E-state index contributed by atoms with van der Waals surface area (Å²) in [5.74, 6) is -0.00108. The zero-order valence-corrected chi connectivity index (χ0v) is 20.9. The highest BCUT2D eigenvalue weighted by Crippen LogP contribution is 2.27. The van der Waals surface area contributed by atoms with Gasteiger partial charge in [-0.05, 0) is 55.8 Å². The molecule has 3 aromatic rings. The number of rotatable bonds is 8. The van der Waals surface area contributed by atoms with Crippen LogP contribution in [0.1, 0.15) is 16.7 Å². The Morgan fingerprint density at radius 3 is 2.45 bits per heavy atom. The first-order valence-corrected chi connectivity index (χ1v) is 12.3. The van der Waals surface area contributed by atoms with Crippen molar-refractivity contribution in [2.45, 2.75) is 18.7 Å². The second-order valence-corrected chi connectivity index (χ2v) is 10.1. The normalized spacial score (nSPS) is 11.4. The highest BCUT2D eigenvalue weighted by Gasteiger charge is 2.28. The number of benzene rings is 3. The van der Waals surface area contributed by atoms with Crippen LogP contribution in [0, 0.1) is 13.8 Å². The van der Waals surface area contributed by atoms with Gasteiger partial charge < -0.3 is 4.74 Å². The number of halogens is 1. The van der Waals surface area contributed by atoms with Crippen molar-refractivity contribution in [1.82, 2.24) is 5.43 Å². The molecule has 172 valence electrons. The lowest BCUT2D eigenvalue weighted by Crippen LogP contribution is -2.40. The molecule has 7 nitrogen and oxygen atoms in total. The van der Waals surface area contributed by atoms with Crippen molar-refractivity contribution in [3.8, 4) is 5.75 Å². The number of carbonyl (C=O) groups is 1. The maximum Gasteiger partial charge on any atom is 0.264 e. The fourth-order valence-corrected chi connectivity index (χ4v) is 4.99. The lowest BCUT2D eigenvalue weighted by molar-refractivity contribution is -0.119. The number of sulfonamides is 1. The molecule has 0 fully saturated rings. The van der Waals surface area contributed by atoms with Crippen LogP contribution >= 0.6 is 15.9 Å². The number of nitrogens with one attached hydrogen (secondary N) is 1. The standard InChI is InChI=1S/C24H24BrN3O4S/c1-17-8-11-21(12-9-17)33(30,31)28(22-7-5-4-6-18(22)2)16-24(29)27-26-15-19-14-20(25)10-13-23(19)32-3/h4-15H,16H2,1-3H3,(H,27,29)/b26-15+. The molecule has 0 radical (unpaired) electrons. The third kappa shape index (κ3) is 6.00. The van der Waals surface area contributed by atoms with E-state index in [0.29, 0.717) is 17.0 Å². The fourth-order valence-electron chi connectivity index (χ4n) is 3.13. The van der Waals surface area contributed by atoms with Crippen molar-refractivity contribution in [2.24, 2.45) is 5.10 Å². The third-order valence-corrected chi connectivity index (χ3v) is 7.13. The highest BCUT2D eigenvalue weighted by atomic mass is 79.9. The Morgan fingerprint density at radius 2 is 1.79 bits per heavy atom. The highest BCUT2D eigenvalue weighted by molar-refractivity contribution is 9.10. The predicted octanol–water partition coefficient (Wildman–Crippen LogP) is 4.42. The summed E-state index contributed by atoms with van der Waals surface area (Å²) >= 11 is 3.38. The molecular formula is C24H24BrN3O4S. The molecule has 3 rings (SSSR count). The SMILES string of the molecule is COc1ccc(Br)cc1/C=N/NC(=O)CN(c1ccccc1C)S(=O)(=O)c1ccc(C)cc1. The quantitative estimate of drug-likeness (QED) is 0.345. The molecule has 0 bridgehead atoms. The molecule has 0 aromatic heterocycles. The zero-order chi connectivity index (χ0) is 24.0. The maximum atomic E-state index is 13.4. The second-order valence-electron chi connectivity index (χ2n) is 7.29. The first-order chi connectivity index (χ1) is 15.7. The van der Waals surface area contributed by atoms with Crippen molar-refractivity contribution in [2.75, 3.05) is 18.0 Å². The summed E-state index contributed by atoms with van der Waals surface area (Å²) in [4.78, 5) is 12.8. The summed E-state index contributed by atoms with van der Waals surface area (Å²) in [6, 6.07) is 18.9. The Labute approximate surface area is 202 Å². The van der Waals surface area contributed by atoms with Crippen molar-refractivity contribution >= 4 is 43.8 Å². The molecule has 0 atom stereocenters. The number of methoxy groups -OCH3 is 1. The largest absolute Gasteiger partial charge is 0.496 e. The number of hydrogen-bond acceptors (Lipinski definition) is 5. The van der Waals surface area contributed by atoms with E-state index in [1.54, 1.807) is 49.4 Å². The van der Waals surface area contributed by atoms with Crippen LogP contribution in [0.5, 0.6) is 5.75 Å². The molecule has 0 aliphatic heterocycles. The number of hydrazone groups is 1. The second kappa shape index (κ2) is 10.6. The molecule has 33 heavy (non-hydrogen) atoms. The van der Waals surface area contributed by atoms with E-state index in [2.05, 4.69) is 26.5 Å². The molecule has 9 heteroatoms. The van der Waals surface area contributed by atoms with Crippen LogP contribution in [0.2, 0.25) is 0 Å². The van der Waals surface area contributed by atoms with Gasteiger partial charge in [-0.25, -0.2) is 13.8 Å². The minimum absolute atomic E-state index is 0.103. The van der Waals surface area contributed by atoms with Gasteiger partial charge in [-0.1, -0.05) is 51.8 Å². The number of hydrogen-bond donors (Lipinski definition) is 1. The van der Waals surface area contributed by atoms with E-state index < -0.39 is 22.5 Å². The number of aryl methyl sites for hydroxylation is 2. The van der Waals surface area contributed by atoms with Crippen LogP contribution in [0.25, 0.3) is 0 Å². The Morgan fingerprint density at radius 1 is 1.09 bits per heavy atom. The van der Waals surface area contributed by atoms with Crippen LogP contribution in [-0.2, 0) is 14.8 Å². The number of carbonyl (C=O) groups excluding carboxylic acids is 1. The number of anilines is 1. The topological polar surface area (TPSA) is 88.1 Å². The van der Waals surface area contributed by atoms with Crippen LogP contribution in [0.15, 0.2) is 81.2 Å². The van der Waals surface area contributed by atoms with Gasteiger partial charge in [0.05, 0.1) is 23.9 Å². The monoisotopic (exact) mass is 529 g/mol. The predicted molar refractivity (Wildman–Crippen MR) is 133 cm³/mol. The molecule has 0 aliphatic carbocycles. The molecule has 0 aliphatic rings. The molecular weight excluding hydrogens is 506 g/mol. The van der Waals surface area contributed by atoms with E-state index in [4.69, 9.17) is 4.74 Å². The Kier molecular flexibility index (Phi) is 7.88. The smallest absolute Gasteiger partial charge is 0.264 e. The number of nitrogens with zero attached hydrogens (tertiary/aromatic N) is 2. The Bertz CT molecular complexity index is 1280. The summed E-state index contributed by atoms with van der Waals surface area (Å²) in [7, 11) is -2.45. The van der Waals surface area contributed by atoms with Crippen LogP contribution in [0.4, 0.5) is 5.69 Å². The van der Waals surface area contributed by atoms with Crippen LogP contribution in [0.3, 0.4) is 0 Å². The van der Waals surface area contributed by atoms with E-state index in [1.165, 1.54) is 25.5 Å². The van der Waals surface area contributed by atoms with Gasteiger partial charge in [-0.15, -0.1) is 0 Å². The van der Waals surface area contributed by atoms with E-state index in [1.807, 2.05) is 19.1 Å². The van der Waals surface area contributed by atoms with Gasteiger partial charge in [0.15, 0.2) is 0 Å². The van der Waals surface area contributed by atoms with Crippen molar-refractivity contribution in [3.63, 3.8) is 0 Å². The van der Waals surface area contributed by atoms with Gasteiger partial charge in [-0.2, -0.15) is 5.10 Å². The van der Waals surface area contributed by atoms with Crippen LogP contribution in [-0.4, -0.2) is 34.2 Å². The third-order valence-electron chi connectivity index (χ3n) is 4.86. The number of para-hydroxylation sites is 1. The molecule has 1 amide bonds. The average molecular weight is 530 g/mol. The van der Waals surface area contributed by atoms with Crippen molar-refractivity contribution < 1.29 is 17.9 Å². The summed E-state index contributed by atoms with van der Waals surface area (Å²) in [5.41, 5.74) is 5.14. The molecule has 0 saturated heterocycles.